The molecular formula is C13H22N2O5S. The van der Waals surface area contributed by atoms with Crippen molar-refractivity contribution in [1.82, 2.24) is 9.79 Å². The molecule has 0 amide bonds. The second-order valence-corrected chi connectivity index (χ2v) is 6.81. The predicted octanol–water partition coefficient (Wildman–Crippen LogP) is 1.01. The fraction of sp³-hybridized carbons (Fsp3) is 0.538. The molecule has 1 rings (SSSR count). The van der Waals surface area contributed by atoms with Gasteiger partial charge in [0.25, 0.3) is 0 Å². The molecule has 0 bridgehead atoms. The van der Waals surface area contributed by atoms with Crippen LogP contribution in [0.4, 0.5) is 0 Å². The number of hydroxylamine groups is 1. The van der Waals surface area contributed by atoms with Crippen molar-refractivity contribution in [1.29, 1.82) is 0 Å². The number of methoxy groups -OCH3 is 1. The minimum absolute atomic E-state index is 0.269. The maximum absolute atomic E-state index is 11.9. The smallest absolute Gasteiger partial charge is 0.215 e. The molecule has 2 N–H and O–H groups in total. The Bertz CT molecular complexity index is 560. The van der Waals surface area contributed by atoms with Crippen molar-refractivity contribution in [3.8, 4) is 11.5 Å². The van der Waals surface area contributed by atoms with Gasteiger partial charge in [-0.1, -0.05) is 6.07 Å². The minimum Gasteiger partial charge on any atom is -0.493 e. The first kappa shape index (κ1) is 17.7. The van der Waals surface area contributed by atoms with Gasteiger partial charge in [0.15, 0.2) is 11.5 Å². The van der Waals surface area contributed by atoms with Crippen molar-refractivity contribution in [3.05, 3.63) is 23.8 Å². The molecule has 120 valence electrons. The van der Waals surface area contributed by atoms with Crippen LogP contribution in [-0.4, -0.2) is 51.5 Å². The van der Waals surface area contributed by atoms with Crippen LogP contribution in [0.1, 0.15) is 18.5 Å². The lowest BCUT2D eigenvalue weighted by Crippen LogP contribution is -2.33. The molecule has 0 aliphatic heterocycles. The molecule has 0 aliphatic carbocycles. The zero-order valence-electron chi connectivity index (χ0n) is 12.7. The molecule has 8 heteroatoms. The molecule has 1 aromatic carbocycles. The molecule has 1 aromatic rings. The number of sulfonamides is 1. The molecule has 1 atom stereocenters. The third-order valence-electron chi connectivity index (χ3n) is 2.98. The van der Waals surface area contributed by atoms with Crippen LogP contribution in [0.2, 0.25) is 0 Å². The lowest BCUT2D eigenvalue weighted by atomic mass is 10.1. The fourth-order valence-corrected chi connectivity index (χ4v) is 2.73. The molecule has 0 radical (unpaired) electrons. The third-order valence-corrected chi connectivity index (χ3v) is 4.85. The second-order valence-electron chi connectivity index (χ2n) is 4.59. The summed E-state index contributed by atoms with van der Waals surface area (Å²) in [4.78, 5) is 0. The van der Waals surface area contributed by atoms with E-state index in [9.17, 15) is 13.6 Å². The van der Waals surface area contributed by atoms with E-state index in [1.165, 1.54) is 21.2 Å². The van der Waals surface area contributed by atoms with E-state index in [0.717, 1.165) is 4.31 Å². The van der Waals surface area contributed by atoms with E-state index in [1.807, 2.05) is 12.4 Å². The van der Waals surface area contributed by atoms with Crippen LogP contribution in [0.5, 0.6) is 11.5 Å². The molecule has 0 aromatic heterocycles. The van der Waals surface area contributed by atoms with Gasteiger partial charge in [-0.2, -0.15) is 5.48 Å². The van der Waals surface area contributed by atoms with Gasteiger partial charge in [0.05, 0.1) is 25.5 Å². The lowest BCUT2D eigenvalue weighted by Gasteiger charge is -2.20. The van der Waals surface area contributed by atoms with Crippen molar-refractivity contribution in [3.63, 3.8) is 0 Å². The highest BCUT2D eigenvalue weighted by atomic mass is 32.2. The highest BCUT2D eigenvalue weighted by Crippen LogP contribution is 2.30. The number of benzene rings is 1. The van der Waals surface area contributed by atoms with Crippen molar-refractivity contribution in [2.45, 2.75) is 13.0 Å². The maximum atomic E-state index is 11.9. The molecule has 0 saturated carbocycles. The molecule has 7 nitrogen and oxygen atoms in total. The van der Waals surface area contributed by atoms with Crippen LogP contribution in [0.3, 0.4) is 0 Å². The monoisotopic (exact) mass is 318 g/mol. The highest BCUT2D eigenvalue weighted by molar-refractivity contribution is 7.89. The first-order valence-electron chi connectivity index (χ1n) is 6.46. The van der Waals surface area contributed by atoms with Crippen molar-refractivity contribution < 1.29 is 23.1 Å². The predicted molar refractivity (Wildman–Crippen MR) is 79.3 cm³/mol. The molecule has 0 saturated heterocycles. The average Bonchev–Trinajstić information content (AvgIpc) is 2.45. The summed E-state index contributed by atoms with van der Waals surface area (Å²) in [6.45, 7) is 2.29. The molecule has 0 spiro atoms. The summed E-state index contributed by atoms with van der Waals surface area (Å²) < 4.78 is 35.6. The van der Waals surface area contributed by atoms with Gasteiger partial charge in [-0.3, -0.25) is 0 Å². The summed E-state index contributed by atoms with van der Waals surface area (Å²) in [5, 5.41) is 9.27. The Morgan fingerprint density at radius 1 is 1.33 bits per heavy atom. The topological polar surface area (TPSA) is 88.1 Å². The van der Waals surface area contributed by atoms with E-state index in [1.54, 1.807) is 18.2 Å². The molecule has 1 unspecified atom stereocenters. The Morgan fingerprint density at radius 3 is 2.48 bits per heavy atom. The average molecular weight is 318 g/mol. The van der Waals surface area contributed by atoms with Crippen molar-refractivity contribution in [2.75, 3.05) is 33.6 Å². The summed E-state index contributed by atoms with van der Waals surface area (Å²) in [5.74, 6) is 0.779. The largest absolute Gasteiger partial charge is 0.493 e. The maximum Gasteiger partial charge on any atom is 0.215 e. The van der Waals surface area contributed by atoms with E-state index in [0.29, 0.717) is 23.7 Å². The lowest BCUT2D eigenvalue weighted by molar-refractivity contribution is 0.134. The van der Waals surface area contributed by atoms with Gasteiger partial charge >= 0.3 is 0 Å². The van der Waals surface area contributed by atoms with E-state index < -0.39 is 16.1 Å². The number of hydrogen-bond acceptors (Lipinski definition) is 6. The van der Waals surface area contributed by atoms with E-state index in [-0.39, 0.29) is 5.75 Å². The first-order valence-corrected chi connectivity index (χ1v) is 8.07. The minimum atomic E-state index is -3.46. The van der Waals surface area contributed by atoms with Gasteiger partial charge in [-0.15, -0.1) is 0 Å². The van der Waals surface area contributed by atoms with Crippen LogP contribution in [0.25, 0.3) is 0 Å². The molecule has 0 fully saturated rings. The molecule has 0 heterocycles. The van der Waals surface area contributed by atoms with Crippen LogP contribution in [-0.2, 0) is 10.0 Å². The Morgan fingerprint density at radius 2 is 2.00 bits per heavy atom. The zero-order chi connectivity index (χ0) is 16.0. The van der Waals surface area contributed by atoms with E-state index in [2.05, 4.69) is 0 Å². The Hall–Kier alpha value is -1.35. The van der Waals surface area contributed by atoms with E-state index >= 15 is 0 Å². The summed E-state index contributed by atoms with van der Waals surface area (Å²) in [6, 6.07) is 4.25. The van der Waals surface area contributed by atoms with Gasteiger partial charge in [0.2, 0.25) is 10.0 Å². The zero-order valence-corrected chi connectivity index (χ0v) is 13.5. The molecule has 0 aliphatic rings. The highest BCUT2D eigenvalue weighted by Gasteiger charge is 2.23. The Kier molecular flexibility index (Phi) is 6.41. The van der Waals surface area contributed by atoms with E-state index in [4.69, 9.17) is 9.47 Å². The number of rotatable bonds is 8. The first-order chi connectivity index (χ1) is 9.85. The summed E-state index contributed by atoms with van der Waals surface area (Å²) >= 11 is 0. The van der Waals surface area contributed by atoms with Crippen LogP contribution < -0.4 is 15.0 Å². The number of nitrogens with one attached hydrogen (secondary N) is 1. The summed E-state index contributed by atoms with van der Waals surface area (Å²) in [7, 11) is 0.960. The standard InChI is InChI=1S/C13H22N2O5S/c1-5-20-13-8-10(6-7-12(13)19-4)11(14-16)9-21(17,18)15(2)3/h6-8,11,14,16H,5,9H2,1-4H3. The SMILES string of the molecule is CCOc1cc(C(CS(=O)(=O)N(C)C)NO)ccc1OC. The van der Waals surface area contributed by atoms with Crippen molar-refractivity contribution >= 4 is 10.0 Å². The van der Waals surface area contributed by atoms with Crippen molar-refractivity contribution in [2.24, 2.45) is 0 Å². The van der Waals surface area contributed by atoms with Crippen LogP contribution in [0.15, 0.2) is 18.2 Å². The van der Waals surface area contributed by atoms with Crippen LogP contribution in [0, 0.1) is 0 Å². The number of ether oxygens (including phenoxy) is 2. The number of nitrogens with zero attached hydrogens (tertiary/aromatic N) is 1. The van der Waals surface area contributed by atoms with Crippen LogP contribution >= 0.6 is 0 Å². The second kappa shape index (κ2) is 7.60. The molecular weight excluding hydrogens is 296 g/mol. The van der Waals surface area contributed by atoms with Gasteiger partial charge in [-0.05, 0) is 24.6 Å². The van der Waals surface area contributed by atoms with Gasteiger partial charge in [-0.25, -0.2) is 12.7 Å². The summed E-state index contributed by atoms with van der Waals surface area (Å²) in [6.07, 6.45) is 0. The molecule has 21 heavy (non-hydrogen) atoms. The number of hydrogen-bond donors (Lipinski definition) is 2. The Balaban J connectivity index is 3.09. The Labute approximate surface area is 125 Å². The quantitative estimate of drug-likeness (QED) is 0.695. The summed E-state index contributed by atoms with van der Waals surface area (Å²) in [5.41, 5.74) is 2.62. The van der Waals surface area contributed by atoms with Gasteiger partial charge < -0.3 is 14.7 Å². The fourth-order valence-electron chi connectivity index (χ4n) is 1.75. The van der Waals surface area contributed by atoms with Gasteiger partial charge in [0.1, 0.15) is 0 Å². The normalized spacial score (nSPS) is 13.2. The third kappa shape index (κ3) is 4.57. The van der Waals surface area contributed by atoms with Gasteiger partial charge in [0, 0.05) is 14.1 Å².